The van der Waals surface area contributed by atoms with Crippen molar-refractivity contribution in [3.8, 4) is 0 Å². The molecule has 0 saturated carbocycles. The van der Waals surface area contributed by atoms with Crippen LogP contribution in [0.15, 0.2) is 45.5 Å². The van der Waals surface area contributed by atoms with Gasteiger partial charge in [-0.3, -0.25) is 4.98 Å². The Labute approximate surface area is 141 Å². The highest BCUT2D eigenvalue weighted by Gasteiger charge is 2.07. The number of hydrogen-bond acceptors (Lipinski definition) is 2. The summed E-state index contributed by atoms with van der Waals surface area (Å²) >= 11 is 12.9. The van der Waals surface area contributed by atoms with Gasteiger partial charge in [-0.1, -0.05) is 23.7 Å². The first kappa shape index (κ1) is 16.0. The van der Waals surface area contributed by atoms with Crippen molar-refractivity contribution >= 4 is 43.5 Å². The Hall–Kier alpha value is -0.420. The molecule has 2 aromatic rings. The molecular weight excluding hydrogens is 403 g/mol. The zero-order valence-corrected chi connectivity index (χ0v) is 15.0. The minimum atomic E-state index is 0.353. The van der Waals surface area contributed by atoms with Crippen LogP contribution in [0.3, 0.4) is 0 Å². The number of hydrogen-bond donors (Lipinski definition) is 1. The first-order valence-electron chi connectivity index (χ1n) is 6.32. The van der Waals surface area contributed by atoms with Crippen molar-refractivity contribution in [2.45, 2.75) is 25.9 Å². The molecule has 5 heteroatoms. The summed E-state index contributed by atoms with van der Waals surface area (Å²) in [5, 5.41) is 4.26. The molecule has 0 radical (unpaired) electrons. The summed E-state index contributed by atoms with van der Waals surface area (Å²) in [6.45, 7) is 2.89. The van der Waals surface area contributed by atoms with E-state index in [1.165, 1.54) is 5.56 Å². The summed E-state index contributed by atoms with van der Waals surface area (Å²) in [5.41, 5.74) is 2.24. The molecule has 1 heterocycles. The van der Waals surface area contributed by atoms with Gasteiger partial charge >= 0.3 is 0 Å². The molecule has 2 nitrogen and oxygen atoms in total. The smallest absolute Gasteiger partial charge is 0.0684 e. The number of pyridine rings is 1. The lowest BCUT2D eigenvalue weighted by atomic mass is 10.1. The van der Waals surface area contributed by atoms with Gasteiger partial charge in [0.05, 0.1) is 5.69 Å². The fourth-order valence-corrected chi connectivity index (χ4v) is 3.27. The van der Waals surface area contributed by atoms with Gasteiger partial charge in [0.1, 0.15) is 0 Å². The van der Waals surface area contributed by atoms with Crippen molar-refractivity contribution in [2.75, 3.05) is 0 Å². The molecular formula is C15H15Br2ClN2. The van der Waals surface area contributed by atoms with Crippen LogP contribution in [0.5, 0.6) is 0 Å². The third kappa shape index (κ3) is 4.85. The fourth-order valence-electron chi connectivity index (χ4n) is 1.93. The molecule has 0 aliphatic rings. The van der Waals surface area contributed by atoms with Gasteiger partial charge in [0.15, 0.2) is 0 Å². The van der Waals surface area contributed by atoms with Gasteiger partial charge < -0.3 is 5.32 Å². The monoisotopic (exact) mass is 416 g/mol. The summed E-state index contributed by atoms with van der Waals surface area (Å²) < 4.78 is 1.98. The average Bonchev–Trinajstić information content (AvgIpc) is 2.37. The van der Waals surface area contributed by atoms with E-state index < -0.39 is 0 Å². The highest BCUT2D eigenvalue weighted by Crippen LogP contribution is 2.19. The van der Waals surface area contributed by atoms with Crippen molar-refractivity contribution in [3.05, 3.63) is 61.8 Å². The molecule has 20 heavy (non-hydrogen) atoms. The zero-order valence-electron chi connectivity index (χ0n) is 11.0. The molecule has 0 aliphatic heterocycles. The summed E-state index contributed by atoms with van der Waals surface area (Å²) in [5.74, 6) is 0. The Bertz CT molecular complexity index is 590. The lowest BCUT2D eigenvalue weighted by Crippen LogP contribution is -2.28. The maximum absolute atomic E-state index is 6.00. The van der Waals surface area contributed by atoms with Crippen molar-refractivity contribution in [3.63, 3.8) is 0 Å². The van der Waals surface area contributed by atoms with Crippen LogP contribution < -0.4 is 5.32 Å². The van der Waals surface area contributed by atoms with Gasteiger partial charge in [-0.05, 0) is 69.0 Å². The van der Waals surface area contributed by atoms with Crippen LogP contribution in [-0.4, -0.2) is 11.0 Å². The first-order chi connectivity index (χ1) is 9.54. The van der Waals surface area contributed by atoms with Crippen LogP contribution in [-0.2, 0) is 13.0 Å². The fraction of sp³-hybridized carbons (Fsp3) is 0.267. The molecule has 0 aliphatic carbocycles. The number of halogens is 3. The lowest BCUT2D eigenvalue weighted by molar-refractivity contribution is 0.539. The number of nitrogens with one attached hydrogen (secondary N) is 1. The van der Waals surface area contributed by atoms with Gasteiger partial charge in [0.2, 0.25) is 0 Å². The van der Waals surface area contributed by atoms with Crippen molar-refractivity contribution in [2.24, 2.45) is 0 Å². The Morgan fingerprint density at radius 2 is 2.10 bits per heavy atom. The predicted molar refractivity (Wildman–Crippen MR) is 91.1 cm³/mol. The highest BCUT2D eigenvalue weighted by molar-refractivity contribution is 9.11. The molecule has 0 amide bonds. The first-order valence-corrected chi connectivity index (χ1v) is 8.29. The van der Waals surface area contributed by atoms with Crippen molar-refractivity contribution < 1.29 is 0 Å². The number of aromatic nitrogens is 1. The SMILES string of the molecule is CC(Cc1cccc(Cl)c1)NCc1ncc(Br)cc1Br. The quantitative estimate of drug-likeness (QED) is 0.741. The Morgan fingerprint density at radius 3 is 2.80 bits per heavy atom. The lowest BCUT2D eigenvalue weighted by Gasteiger charge is -2.14. The third-order valence-electron chi connectivity index (χ3n) is 2.93. The van der Waals surface area contributed by atoms with Gasteiger partial charge in [0, 0.05) is 32.8 Å². The molecule has 0 spiro atoms. The molecule has 106 valence electrons. The highest BCUT2D eigenvalue weighted by atomic mass is 79.9. The maximum atomic E-state index is 6.00. The molecule has 1 aromatic heterocycles. The topological polar surface area (TPSA) is 24.9 Å². The van der Waals surface area contributed by atoms with Gasteiger partial charge in [-0.25, -0.2) is 0 Å². The summed E-state index contributed by atoms with van der Waals surface area (Å²) in [6, 6.07) is 10.3. The van der Waals surface area contributed by atoms with E-state index in [4.69, 9.17) is 11.6 Å². The van der Waals surface area contributed by atoms with Crippen LogP contribution in [0.4, 0.5) is 0 Å². The Morgan fingerprint density at radius 1 is 1.30 bits per heavy atom. The van der Waals surface area contributed by atoms with Gasteiger partial charge in [-0.2, -0.15) is 0 Å². The van der Waals surface area contributed by atoms with E-state index in [9.17, 15) is 0 Å². The third-order valence-corrected chi connectivity index (χ3v) is 4.29. The number of nitrogens with zero attached hydrogens (tertiary/aromatic N) is 1. The zero-order chi connectivity index (χ0) is 14.5. The Balaban J connectivity index is 1.90. The van der Waals surface area contributed by atoms with E-state index >= 15 is 0 Å². The molecule has 1 N–H and O–H groups in total. The van der Waals surface area contributed by atoms with E-state index in [0.29, 0.717) is 6.04 Å². The molecule has 0 fully saturated rings. The van der Waals surface area contributed by atoms with Gasteiger partial charge in [-0.15, -0.1) is 0 Å². The van der Waals surface area contributed by atoms with Crippen LogP contribution in [0, 0.1) is 0 Å². The van der Waals surface area contributed by atoms with E-state index in [-0.39, 0.29) is 0 Å². The van der Waals surface area contributed by atoms with Crippen LogP contribution in [0.1, 0.15) is 18.2 Å². The molecule has 0 saturated heterocycles. The minimum absolute atomic E-state index is 0.353. The second-order valence-corrected chi connectivity index (χ2v) is 6.90. The van der Waals surface area contributed by atoms with E-state index in [2.05, 4.69) is 55.2 Å². The Kier molecular flexibility index (Phi) is 6.02. The largest absolute Gasteiger partial charge is 0.308 e. The predicted octanol–water partition coefficient (Wildman–Crippen LogP) is 4.98. The number of benzene rings is 1. The van der Waals surface area contributed by atoms with Crippen LogP contribution in [0.25, 0.3) is 0 Å². The minimum Gasteiger partial charge on any atom is -0.308 e. The summed E-state index contributed by atoms with van der Waals surface area (Å²) in [7, 11) is 0. The number of rotatable bonds is 5. The molecule has 0 bridgehead atoms. The standard InChI is InChI=1S/C15H15Br2ClN2/c1-10(5-11-3-2-4-13(18)6-11)19-9-15-14(17)7-12(16)8-20-15/h2-4,6-8,10,19H,5,9H2,1H3. The summed E-state index contributed by atoms with van der Waals surface area (Å²) in [6.07, 6.45) is 2.75. The second kappa shape index (κ2) is 7.55. The van der Waals surface area contributed by atoms with E-state index in [1.54, 1.807) is 0 Å². The van der Waals surface area contributed by atoms with Gasteiger partial charge in [0.25, 0.3) is 0 Å². The normalized spacial score (nSPS) is 12.4. The maximum Gasteiger partial charge on any atom is 0.0684 e. The molecule has 2 rings (SSSR count). The second-order valence-electron chi connectivity index (χ2n) is 4.70. The molecule has 1 atom stereocenters. The van der Waals surface area contributed by atoms with Crippen molar-refractivity contribution in [1.29, 1.82) is 0 Å². The van der Waals surface area contributed by atoms with E-state index in [0.717, 1.165) is 32.6 Å². The summed E-state index contributed by atoms with van der Waals surface area (Å²) in [4.78, 5) is 4.39. The average molecular weight is 419 g/mol. The van der Waals surface area contributed by atoms with Crippen LogP contribution >= 0.6 is 43.5 Å². The van der Waals surface area contributed by atoms with Crippen molar-refractivity contribution in [1.82, 2.24) is 10.3 Å². The van der Waals surface area contributed by atoms with Crippen LogP contribution in [0.2, 0.25) is 5.02 Å². The molecule has 1 unspecified atom stereocenters. The van der Waals surface area contributed by atoms with E-state index in [1.807, 2.05) is 30.5 Å². The molecule has 1 aromatic carbocycles.